The number of thioether (sulfide) groups is 1. The van der Waals surface area contributed by atoms with Gasteiger partial charge >= 0.3 is 7.82 Å². The molecule has 2 aromatic carbocycles. The Balaban J connectivity index is 1.41. The number of hydrogen-bond donors (Lipinski definition) is 1. The topological polar surface area (TPSA) is 77.5 Å². The van der Waals surface area contributed by atoms with Gasteiger partial charge in [-0.1, -0.05) is 95.8 Å². The first kappa shape index (κ1) is 33.2. The summed E-state index contributed by atoms with van der Waals surface area (Å²) >= 11 is 1.79. The molecule has 41 heavy (non-hydrogen) atoms. The van der Waals surface area contributed by atoms with Crippen molar-refractivity contribution in [2.24, 2.45) is 0 Å². The number of phosphoric ester groups is 1. The molecule has 0 saturated carbocycles. The number of methoxy groups -OCH3 is 1. The molecule has 1 aliphatic rings. The predicted octanol–water partition coefficient (Wildman–Crippen LogP) is 9.70. The van der Waals surface area contributed by atoms with E-state index in [0.29, 0.717) is 18.9 Å². The van der Waals surface area contributed by atoms with Crippen LogP contribution in [0.1, 0.15) is 96.5 Å². The van der Waals surface area contributed by atoms with Crippen LogP contribution < -0.4 is 18.5 Å². The lowest BCUT2D eigenvalue weighted by Gasteiger charge is -2.18. The molecule has 1 unspecified atom stereocenters. The van der Waals surface area contributed by atoms with Crippen LogP contribution in [-0.2, 0) is 11.1 Å². The average molecular weight is 606 g/mol. The molecule has 0 bridgehead atoms. The van der Waals surface area contributed by atoms with Crippen molar-refractivity contribution in [3.63, 3.8) is 0 Å². The Morgan fingerprint density at radius 3 is 2.15 bits per heavy atom. The maximum Gasteiger partial charge on any atom is 0.585 e. The van der Waals surface area contributed by atoms with Crippen molar-refractivity contribution in [2.45, 2.75) is 97.4 Å². The molecule has 7 nitrogen and oxygen atoms in total. The Morgan fingerprint density at radius 2 is 1.51 bits per heavy atom. The number of benzene rings is 2. The van der Waals surface area contributed by atoms with Gasteiger partial charge in [-0.3, -0.25) is 4.89 Å². The van der Waals surface area contributed by atoms with Crippen molar-refractivity contribution < 1.29 is 28.0 Å². The minimum Gasteiger partial charge on any atom is -0.490 e. The summed E-state index contributed by atoms with van der Waals surface area (Å²) in [4.78, 5) is 14.0. The fraction of sp³-hybridized carbons (Fsp3) is 0.562. The number of phosphoric acid groups is 1. The average Bonchev–Trinajstić information content (AvgIpc) is 3.35. The van der Waals surface area contributed by atoms with Gasteiger partial charge < -0.3 is 23.4 Å². The zero-order chi connectivity index (χ0) is 29.3. The molecular formula is C32H48NO6PS. The summed E-state index contributed by atoms with van der Waals surface area (Å²) in [5, 5.41) is 0. The van der Waals surface area contributed by atoms with E-state index in [4.69, 9.17) is 18.5 Å². The van der Waals surface area contributed by atoms with Crippen molar-refractivity contribution in [3.8, 4) is 23.0 Å². The first-order chi connectivity index (χ1) is 19.9. The number of hydrogen-bond acceptors (Lipinski definition) is 7. The van der Waals surface area contributed by atoms with E-state index in [1.54, 1.807) is 48.2 Å². The van der Waals surface area contributed by atoms with E-state index in [1.807, 2.05) is 6.07 Å². The molecule has 0 saturated heterocycles. The maximum atomic E-state index is 12.9. The summed E-state index contributed by atoms with van der Waals surface area (Å²) < 4.78 is 35.2. The van der Waals surface area contributed by atoms with E-state index in [-0.39, 0.29) is 17.2 Å². The highest BCUT2D eigenvalue weighted by molar-refractivity contribution is 8.03. The van der Waals surface area contributed by atoms with Gasteiger partial charge in [-0.05, 0) is 48.1 Å². The summed E-state index contributed by atoms with van der Waals surface area (Å²) in [6.07, 6.45) is 17.5. The second kappa shape index (κ2) is 18.3. The summed E-state index contributed by atoms with van der Waals surface area (Å²) in [5.41, 5.74) is 0.972. The van der Waals surface area contributed by atoms with Crippen LogP contribution >= 0.6 is 19.6 Å². The minimum atomic E-state index is -4.49. The molecule has 0 radical (unpaired) electrons. The van der Waals surface area contributed by atoms with Gasteiger partial charge in [0.15, 0.2) is 11.5 Å². The molecular weight excluding hydrogens is 557 g/mol. The SMILES string of the molecule is CCCCCCCCCCCCCCOc1cccc(OP(=O)(O)Oc2cccc(CN3C=C(C)SC3)c2)c1OC. The van der Waals surface area contributed by atoms with Crippen LogP contribution in [0.2, 0.25) is 0 Å². The lowest BCUT2D eigenvalue weighted by molar-refractivity contribution is 0.267. The quantitative estimate of drug-likeness (QED) is 0.111. The van der Waals surface area contributed by atoms with E-state index >= 15 is 0 Å². The fourth-order valence-electron chi connectivity index (χ4n) is 4.83. The lowest BCUT2D eigenvalue weighted by Crippen LogP contribution is -2.12. The third-order valence-electron chi connectivity index (χ3n) is 6.94. The number of para-hydroxylation sites is 1. The van der Waals surface area contributed by atoms with Crippen LogP contribution in [-0.4, -0.2) is 29.4 Å². The van der Waals surface area contributed by atoms with Gasteiger partial charge in [0.05, 0.1) is 19.6 Å². The molecule has 0 spiro atoms. The van der Waals surface area contributed by atoms with Crippen molar-refractivity contribution in [3.05, 3.63) is 59.1 Å². The van der Waals surface area contributed by atoms with Crippen LogP contribution in [0.4, 0.5) is 0 Å². The second-order valence-electron chi connectivity index (χ2n) is 10.6. The molecule has 9 heteroatoms. The molecule has 1 N–H and O–H groups in total. The zero-order valence-electron chi connectivity index (χ0n) is 25.0. The predicted molar refractivity (Wildman–Crippen MR) is 169 cm³/mol. The molecule has 3 rings (SSSR count). The first-order valence-electron chi connectivity index (χ1n) is 15.1. The summed E-state index contributed by atoms with van der Waals surface area (Å²) in [5.74, 6) is 1.99. The van der Waals surface area contributed by atoms with E-state index < -0.39 is 7.82 Å². The van der Waals surface area contributed by atoms with Crippen molar-refractivity contribution >= 4 is 19.6 Å². The van der Waals surface area contributed by atoms with Crippen LogP contribution in [0.3, 0.4) is 0 Å². The highest BCUT2D eigenvalue weighted by Gasteiger charge is 2.28. The molecule has 0 fully saturated rings. The summed E-state index contributed by atoms with van der Waals surface area (Å²) in [6.45, 7) is 5.57. The number of unbranched alkanes of at least 4 members (excludes halogenated alkanes) is 11. The normalized spacial score (nSPS) is 14.4. The fourth-order valence-corrected chi connectivity index (χ4v) is 6.40. The maximum absolute atomic E-state index is 12.9. The molecule has 2 aromatic rings. The third-order valence-corrected chi connectivity index (χ3v) is 8.83. The first-order valence-corrected chi connectivity index (χ1v) is 17.5. The summed E-state index contributed by atoms with van der Waals surface area (Å²) in [6, 6.07) is 12.2. The van der Waals surface area contributed by atoms with Crippen molar-refractivity contribution in [1.29, 1.82) is 0 Å². The summed E-state index contributed by atoms with van der Waals surface area (Å²) in [7, 11) is -3.00. The van der Waals surface area contributed by atoms with E-state index in [0.717, 1.165) is 24.3 Å². The second-order valence-corrected chi connectivity index (χ2v) is 13.1. The number of allylic oxidation sites excluding steroid dienone is 1. The zero-order valence-corrected chi connectivity index (χ0v) is 26.7. The van der Waals surface area contributed by atoms with E-state index in [1.165, 1.54) is 76.2 Å². The monoisotopic (exact) mass is 605 g/mol. The number of ether oxygens (including phenoxy) is 2. The Bertz CT molecular complexity index is 1130. The number of rotatable bonds is 21. The van der Waals surface area contributed by atoms with Crippen LogP contribution in [0, 0.1) is 0 Å². The highest BCUT2D eigenvalue weighted by atomic mass is 32.2. The van der Waals surface area contributed by atoms with Crippen molar-refractivity contribution in [2.75, 3.05) is 19.6 Å². The Kier molecular flexibility index (Phi) is 14.8. The number of nitrogens with zero attached hydrogens (tertiary/aromatic N) is 1. The van der Waals surface area contributed by atoms with Crippen LogP contribution in [0.25, 0.3) is 0 Å². The Labute approximate surface area is 251 Å². The molecule has 0 aliphatic carbocycles. The minimum absolute atomic E-state index is 0.0939. The molecule has 0 aromatic heterocycles. The van der Waals surface area contributed by atoms with Crippen LogP contribution in [0.15, 0.2) is 53.6 Å². The van der Waals surface area contributed by atoms with Gasteiger partial charge in [0, 0.05) is 12.7 Å². The van der Waals surface area contributed by atoms with Gasteiger partial charge in [-0.25, -0.2) is 4.57 Å². The van der Waals surface area contributed by atoms with Gasteiger partial charge in [0.25, 0.3) is 0 Å². The smallest absolute Gasteiger partial charge is 0.490 e. The van der Waals surface area contributed by atoms with E-state index in [9.17, 15) is 9.46 Å². The van der Waals surface area contributed by atoms with Gasteiger partial charge in [-0.2, -0.15) is 0 Å². The van der Waals surface area contributed by atoms with Crippen molar-refractivity contribution in [1.82, 2.24) is 4.90 Å². The van der Waals surface area contributed by atoms with Gasteiger partial charge in [0.1, 0.15) is 5.75 Å². The lowest BCUT2D eigenvalue weighted by atomic mass is 10.1. The standard InChI is InChI=1S/C32H48NO6PS/c1-4-5-6-7-8-9-10-11-12-13-14-15-22-37-30-20-17-21-31(32(30)36-3)39-40(34,35)38-29-19-16-18-28(23-29)25-33-24-27(2)41-26-33/h16-21,23-24H,4-15,22,25-26H2,1-3H3,(H,34,35). The molecule has 1 atom stereocenters. The van der Waals surface area contributed by atoms with Gasteiger partial charge in [0.2, 0.25) is 5.75 Å². The molecule has 228 valence electrons. The largest absolute Gasteiger partial charge is 0.585 e. The highest BCUT2D eigenvalue weighted by Crippen LogP contribution is 2.49. The van der Waals surface area contributed by atoms with Gasteiger partial charge in [-0.15, -0.1) is 11.8 Å². The Hall–Kier alpha value is -2.28. The molecule has 1 heterocycles. The molecule has 0 amide bonds. The van der Waals surface area contributed by atoms with E-state index in [2.05, 4.69) is 24.9 Å². The third kappa shape index (κ3) is 12.6. The Morgan fingerprint density at radius 1 is 0.878 bits per heavy atom. The van der Waals surface area contributed by atoms with Crippen LogP contribution in [0.5, 0.6) is 23.0 Å². The molecule has 1 aliphatic heterocycles.